The number of aryl methyl sites for hydroxylation is 1. The average Bonchev–Trinajstić information content (AvgIpc) is 2.85. The molecule has 0 atom stereocenters. The van der Waals surface area contributed by atoms with E-state index in [9.17, 15) is 4.79 Å². The maximum atomic E-state index is 12.5. The van der Waals surface area contributed by atoms with Gasteiger partial charge in [-0.1, -0.05) is 23.7 Å². The first-order valence-electron chi connectivity index (χ1n) is 6.73. The number of hydrogen-bond donors (Lipinski definition) is 1. The zero-order valence-corrected chi connectivity index (χ0v) is 12.9. The lowest BCUT2D eigenvalue weighted by atomic mass is 10.1. The summed E-state index contributed by atoms with van der Waals surface area (Å²) in [6.45, 7) is 1.83. The van der Waals surface area contributed by atoms with Crippen LogP contribution in [0.25, 0.3) is 11.0 Å². The third kappa shape index (κ3) is 2.53. The monoisotopic (exact) mass is 315 g/mol. The van der Waals surface area contributed by atoms with Crippen LogP contribution in [0.3, 0.4) is 0 Å². The number of carbonyl (C=O) groups is 1. The fourth-order valence-corrected chi connectivity index (χ4v) is 2.51. The van der Waals surface area contributed by atoms with E-state index < -0.39 is 0 Å². The number of fused-ring (bicyclic) bond motifs is 1. The number of benzene rings is 2. The standard InChI is InChI=1S/C17H14ClNO3/c1-10-12-9-11(18)7-8-14(12)22-16(10)17(20)19-13-5-3-4-6-15(13)21-2/h3-9H,1-2H3,(H,19,20). The summed E-state index contributed by atoms with van der Waals surface area (Å²) in [6, 6.07) is 12.5. The molecule has 0 unspecified atom stereocenters. The molecule has 112 valence electrons. The number of carbonyl (C=O) groups excluding carboxylic acids is 1. The summed E-state index contributed by atoms with van der Waals surface area (Å²) in [7, 11) is 1.55. The number of furan rings is 1. The van der Waals surface area contributed by atoms with Crippen LogP contribution in [0, 0.1) is 6.92 Å². The minimum atomic E-state index is -0.325. The summed E-state index contributed by atoms with van der Waals surface area (Å²) in [6.07, 6.45) is 0. The van der Waals surface area contributed by atoms with Crippen LogP contribution in [-0.2, 0) is 0 Å². The van der Waals surface area contributed by atoms with Gasteiger partial charge in [0, 0.05) is 16.0 Å². The van der Waals surface area contributed by atoms with Crippen molar-refractivity contribution in [2.45, 2.75) is 6.92 Å². The third-order valence-electron chi connectivity index (χ3n) is 3.46. The Morgan fingerprint density at radius 2 is 2.00 bits per heavy atom. The van der Waals surface area contributed by atoms with Gasteiger partial charge in [-0.15, -0.1) is 0 Å². The molecule has 0 spiro atoms. The first-order valence-corrected chi connectivity index (χ1v) is 7.11. The van der Waals surface area contributed by atoms with E-state index in [2.05, 4.69) is 5.32 Å². The van der Waals surface area contributed by atoms with Crippen molar-refractivity contribution in [3.05, 3.63) is 58.8 Å². The van der Waals surface area contributed by atoms with Gasteiger partial charge in [0.1, 0.15) is 11.3 Å². The van der Waals surface area contributed by atoms with Crippen molar-refractivity contribution >= 4 is 34.2 Å². The zero-order valence-electron chi connectivity index (χ0n) is 12.1. The predicted molar refractivity (Wildman–Crippen MR) is 86.9 cm³/mol. The number of ether oxygens (including phenoxy) is 1. The highest BCUT2D eigenvalue weighted by Crippen LogP contribution is 2.29. The lowest BCUT2D eigenvalue weighted by molar-refractivity contribution is 0.0997. The molecule has 0 aliphatic carbocycles. The van der Waals surface area contributed by atoms with Crippen LogP contribution in [0.1, 0.15) is 16.1 Å². The molecule has 0 bridgehead atoms. The molecule has 1 heterocycles. The maximum absolute atomic E-state index is 12.5. The van der Waals surface area contributed by atoms with Gasteiger partial charge >= 0.3 is 0 Å². The van der Waals surface area contributed by atoms with Gasteiger partial charge in [-0.2, -0.15) is 0 Å². The van der Waals surface area contributed by atoms with Crippen molar-refractivity contribution in [2.75, 3.05) is 12.4 Å². The normalized spacial score (nSPS) is 10.7. The summed E-state index contributed by atoms with van der Waals surface area (Å²) in [5, 5.41) is 4.24. The number of rotatable bonds is 3. The van der Waals surface area contributed by atoms with Gasteiger partial charge < -0.3 is 14.5 Å². The smallest absolute Gasteiger partial charge is 0.291 e. The minimum absolute atomic E-state index is 0.267. The van der Waals surface area contributed by atoms with E-state index in [1.165, 1.54) is 0 Å². The van der Waals surface area contributed by atoms with E-state index in [-0.39, 0.29) is 11.7 Å². The van der Waals surface area contributed by atoms with Gasteiger partial charge in [0.05, 0.1) is 12.8 Å². The molecule has 0 saturated carbocycles. The molecule has 5 heteroatoms. The fourth-order valence-electron chi connectivity index (χ4n) is 2.34. The molecular weight excluding hydrogens is 302 g/mol. The molecule has 0 radical (unpaired) electrons. The van der Waals surface area contributed by atoms with Gasteiger partial charge in [0.2, 0.25) is 0 Å². The number of halogens is 1. The van der Waals surface area contributed by atoms with Crippen molar-refractivity contribution in [3.8, 4) is 5.75 Å². The molecule has 0 saturated heterocycles. The minimum Gasteiger partial charge on any atom is -0.495 e. The van der Waals surface area contributed by atoms with Gasteiger partial charge in [0.15, 0.2) is 5.76 Å². The Morgan fingerprint density at radius 3 is 2.77 bits per heavy atom. The quantitative estimate of drug-likeness (QED) is 0.765. The Labute approximate surface area is 132 Å². The summed E-state index contributed by atoms with van der Waals surface area (Å²) >= 11 is 5.99. The largest absolute Gasteiger partial charge is 0.495 e. The molecule has 3 rings (SSSR count). The van der Waals surface area contributed by atoms with Gasteiger partial charge in [-0.3, -0.25) is 4.79 Å². The Balaban J connectivity index is 1.97. The fraction of sp³-hybridized carbons (Fsp3) is 0.118. The molecule has 22 heavy (non-hydrogen) atoms. The predicted octanol–water partition coefficient (Wildman–Crippen LogP) is 4.66. The van der Waals surface area contributed by atoms with E-state index in [1.54, 1.807) is 37.4 Å². The molecule has 0 fully saturated rings. The van der Waals surface area contributed by atoms with Gasteiger partial charge in [-0.05, 0) is 37.3 Å². The van der Waals surface area contributed by atoms with Gasteiger partial charge in [0.25, 0.3) is 5.91 Å². The van der Waals surface area contributed by atoms with E-state index in [1.807, 2.05) is 19.1 Å². The van der Waals surface area contributed by atoms with Crippen molar-refractivity contribution in [2.24, 2.45) is 0 Å². The van der Waals surface area contributed by atoms with Crippen molar-refractivity contribution in [1.82, 2.24) is 0 Å². The Bertz CT molecular complexity index is 854. The second-order valence-corrected chi connectivity index (χ2v) is 5.29. The molecule has 0 aliphatic heterocycles. The number of amides is 1. The highest BCUT2D eigenvalue weighted by Gasteiger charge is 2.19. The Morgan fingerprint density at radius 1 is 1.23 bits per heavy atom. The van der Waals surface area contributed by atoms with Crippen LogP contribution in [0.2, 0.25) is 5.02 Å². The molecule has 1 amide bonds. The third-order valence-corrected chi connectivity index (χ3v) is 3.69. The number of hydrogen-bond acceptors (Lipinski definition) is 3. The van der Waals surface area contributed by atoms with Crippen LogP contribution in [0.15, 0.2) is 46.9 Å². The number of para-hydroxylation sites is 2. The number of anilines is 1. The molecule has 4 nitrogen and oxygen atoms in total. The summed E-state index contributed by atoms with van der Waals surface area (Å²) < 4.78 is 10.9. The Hall–Kier alpha value is -2.46. The van der Waals surface area contributed by atoms with Crippen LogP contribution in [-0.4, -0.2) is 13.0 Å². The second kappa shape index (κ2) is 5.73. The topological polar surface area (TPSA) is 51.5 Å². The molecule has 1 aromatic heterocycles. The highest BCUT2D eigenvalue weighted by molar-refractivity contribution is 6.31. The van der Waals surface area contributed by atoms with Crippen molar-refractivity contribution < 1.29 is 13.9 Å². The van der Waals surface area contributed by atoms with E-state index in [0.29, 0.717) is 22.0 Å². The van der Waals surface area contributed by atoms with Gasteiger partial charge in [-0.25, -0.2) is 0 Å². The van der Waals surface area contributed by atoms with Crippen LogP contribution < -0.4 is 10.1 Å². The lowest BCUT2D eigenvalue weighted by Crippen LogP contribution is -2.12. The number of nitrogens with one attached hydrogen (secondary N) is 1. The summed E-state index contributed by atoms with van der Waals surface area (Å²) in [5.74, 6) is 0.533. The first kappa shape index (κ1) is 14.5. The summed E-state index contributed by atoms with van der Waals surface area (Å²) in [5.41, 5.74) is 1.98. The van der Waals surface area contributed by atoms with Crippen LogP contribution in [0.5, 0.6) is 5.75 Å². The Kier molecular flexibility index (Phi) is 3.77. The second-order valence-electron chi connectivity index (χ2n) is 4.85. The van der Waals surface area contributed by atoms with Crippen LogP contribution in [0.4, 0.5) is 5.69 Å². The maximum Gasteiger partial charge on any atom is 0.291 e. The highest BCUT2D eigenvalue weighted by atomic mass is 35.5. The SMILES string of the molecule is COc1ccccc1NC(=O)c1oc2ccc(Cl)cc2c1C. The lowest BCUT2D eigenvalue weighted by Gasteiger charge is -2.08. The molecule has 1 N–H and O–H groups in total. The first-order chi connectivity index (χ1) is 10.6. The molecule has 3 aromatic rings. The number of methoxy groups -OCH3 is 1. The zero-order chi connectivity index (χ0) is 15.7. The molecule has 2 aromatic carbocycles. The van der Waals surface area contributed by atoms with E-state index in [4.69, 9.17) is 20.8 Å². The van der Waals surface area contributed by atoms with Crippen molar-refractivity contribution in [1.29, 1.82) is 0 Å². The average molecular weight is 316 g/mol. The van der Waals surface area contributed by atoms with Crippen molar-refractivity contribution in [3.63, 3.8) is 0 Å². The van der Waals surface area contributed by atoms with E-state index in [0.717, 1.165) is 10.9 Å². The van der Waals surface area contributed by atoms with Crippen LogP contribution >= 0.6 is 11.6 Å². The van der Waals surface area contributed by atoms with E-state index >= 15 is 0 Å². The molecule has 0 aliphatic rings. The molecular formula is C17H14ClNO3. The summed E-state index contributed by atoms with van der Waals surface area (Å²) in [4.78, 5) is 12.5.